The molecule has 0 bridgehead atoms. The maximum Gasteiger partial charge on any atom is 0.253 e. The van der Waals surface area contributed by atoms with Gasteiger partial charge in [0.25, 0.3) is 11.8 Å². The average molecular weight is 466 g/mol. The lowest BCUT2D eigenvalue weighted by Crippen LogP contribution is -2.54. The molecule has 1 aliphatic rings. The van der Waals surface area contributed by atoms with Crippen LogP contribution in [-0.4, -0.2) is 55.4 Å². The first-order chi connectivity index (χ1) is 16.3. The fourth-order valence-corrected chi connectivity index (χ4v) is 4.20. The molecule has 0 aromatic heterocycles. The first-order valence-electron chi connectivity index (χ1n) is 11.9. The van der Waals surface area contributed by atoms with Gasteiger partial charge in [-0.25, -0.2) is 0 Å². The van der Waals surface area contributed by atoms with Crippen LogP contribution in [0.15, 0.2) is 48.5 Å². The molecule has 0 unspecified atom stereocenters. The van der Waals surface area contributed by atoms with Crippen molar-refractivity contribution in [2.75, 3.05) is 26.7 Å². The van der Waals surface area contributed by atoms with Crippen LogP contribution < -0.4 is 15.4 Å². The lowest BCUT2D eigenvalue weighted by molar-refractivity contribution is -0.124. The van der Waals surface area contributed by atoms with Crippen LogP contribution in [0, 0.1) is 18.8 Å². The van der Waals surface area contributed by atoms with E-state index in [1.54, 1.807) is 31.4 Å². The Balaban J connectivity index is 1.70. The standard InChI is InChI=1S/C27H35N3O4/c1-18(2)17-28-26(32)24(29-25(31)21-8-6-10-23(16-21)34-4)20-11-13-30(14-12-20)27(33)22-9-5-7-19(3)15-22/h5-10,15-16,18,20,24H,11-14,17H2,1-4H3,(H,28,32)(H,29,31)/t24-/m0/s1. The van der Waals surface area contributed by atoms with E-state index in [-0.39, 0.29) is 23.6 Å². The third-order valence-electron chi connectivity index (χ3n) is 6.15. The minimum absolute atomic E-state index is 0.00313. The molecule has 34 heavy (non-hydrogen) atoms. The SMILES string of the molecule is COc1cccc(C(=O)N[C@H](C(=O)NCC(C)C)C2CCN(C(=O)c3cccc(C)c3)CC2)c1. The molecular weight excluding hydrogens is 430 g/mol. The van der Waals surface area contributed by atoms with Crippen molar-refractivity contribution in [1.29, 1.82) is 0 Å². The topological polar surface area (TPSA) is 87.7 Å². The average Bonchev–Trinajstić information content (AvgIpc) is 2.85. The maximum absolute atomic E-state index is 13.1. The Hall–Kier alpha value is -3.35. The second-order valence-corrected chi connectivity index (χ2v) is 9.32. The highest BCUT2D eigenvalue weighted by Gasteiger charge is 2.34. The normalized spacial score (nSPS) is 15.0. The molecule has 1 saturated heterocycles. The third kappa shape index (κ3) is 6.59. The Morgan fingerprint density at radius 1 is 1.03 bits per heavy atom. The zero-order chi connectivity index (χ0) is 24.7. The van der Waals surface area contributed by atoms with Crippen LogP contribution >= 0.6 is 0 Å². The lowest BCUT2D eigenvalue weighted by atomic mass is 9.88. The molecule has 3 rings (SSSR count). The number of methoxy groups -OCH3 is 1. The van der Waals surface area contributed by atoms with Crippen LogP contribution in [0.5, 0.6) is 5.75 Å². The predicted octanol–water partition coefficient (Wildman–Crippen LogP) is 3.43. The zero-order valence-electron chi connectivity index (χ0n) is 20.5. The number of nitrogens with zero attached hydrogens (tertiary/aromatic N) is 1. The largest absolute Gasteiger partial charge is 0.497 e. The Labute approximate surface area is 201 Å². The van der Waals surface area contributed by atoms with Crippen LogP contribution in [0.1, 0.15) is 53.0 Å². The van der Waals surface area contributed by atoms with Gasteiger partial charge in [0.2, 0.25) is 5.91 Å². The van der Waals surface area contributed by atoms with Gasteiger partial charge in [0, 0.05) is 30.8 Å². The summed E-state index contributed by atoms with van der Waals surface area (Å²) in [6, 6.07) is 13.8. The van der Waals surface area contributed by atoms with Crippen LogP contribution in [0.2, 0.25) is 0 Å². The van der Waals surface area contributed by atoms with Crippen molar-refractivity contribution in [3.8, 4) is 5.75 Å². The molecule has 1 heterocycles. The highest BCUT2D eigenvalue weighted by atomic mass is 16.5. The summed E-state index contributed by atoms with van der Waals surface area (Å²) in [7, 11) is 1.55. The highest BCUT2D eigenvalue weighted by molar-refractivity contribution is 5.98. The number of hydrogen-bond acceptors (Lipinski definition) is 4. The number of piperidine rings is 1. The fraction of sp³-hybridized carbons (Fsp3) is 0.444. The Bertz CT molecular complexity index is 1010. The van der Waals surface area contributed by atoms with Gasteiger partial charge in [-0.3, -0.25) is 14.4 Å². The molecule has 7 heteroatoms. The molecule has 1 aliphatic heterocycles. The van der Waals surface area contributed by atoms with Gasteiger partial charge in [-0.2, -0.15) is 0 Å². The fourth-order valence-electron chi connectivity index (χ4n) is 4.20. The van der Waals surface area contributed by atoms with Crippen molar-refractivity contribution < 1.29 is 19.1 Å². The van der Waals surface area contributed by atoms with Crippen molar-refractivity contribution in [3.63, 3.8) is 0 Å². The molecule has 0 spiro atoms. The number of likely N-dealkylation sites (tertiary alicyclic amines) is 1. The van der Waals surface area contributed by atoms with Crippen molar-refractivity contribution in [2.45, 2.75) is 39.7 Å². The molecule has 1 atom stereocenters. The quantitative estimate of drug-likeness (QED) is 0.625. The van der Waals surface area contributed by atoms with E-state index >= 15 is 0 Å². The van der Waals surface area contributed by atoms with Crippen molar-refractivity contribution in [2.24, 2.45) is 11.8 Å². The summed E-state index contributed by atoms with van der Waals surface area (Å²) in [5.41, 5.74) is 2.16. The van der Waals surface area contributed by atoms with E-state index in [0.29, 0.717) is 55.3 Å². The number of ether oxygens (including phenoxy) is 1. The third-order valence-corrected chi connectivity index (χ3v) is 6.15. The van der Waals surface area contributed by atoms with E-state index in [1.807, 2.05) is 49.9 Å². The summed E-state index contributed by atoms with van der Waals surface area (Å²) in [5, 5.41) is 5.92. The van der Waals surface area contributed by atoms with E-state index in [2.05, 4.69) is 10.6 Å². The molecule has 2 aromatic rings. The van der Waals surface area contributed by atoms with Crippen molar-refractivity contribution in [1.82, 2.24) is 15.5 Å². The molecule has 0 radical (unpaired) electrons. The molecule has 2 N–H and O–H groups in total. The maximum atomic E-state index is 13.1. The van der Waals surface area contributed by atoms with Crippen LogP contribution in [0.3, 0.4) is 0 Å². The minimum Gasteiger partial charge on any atom is -0.497 e. The summed E-state index contributed by atoms with van der Waals surface area (Å²) < 4.78 is 5.22. The second-order valence-electron chi connectivity index (χ2n) is 9.32. The Morgan fingerprint density at radius 3 is 2.35 bits per heavy atom. The zero-order valence-corrected chi connectivity index (χ0v) is 20.5. The van der Waals surface area contributed by atoms with Gasteiger partial charge >= 0.3 is 0 Å². The first-order valence-corrected chi connectivity index (χ1v) is 11.9. The van der Waals surface area contributed by atoms with Crippen LogP contribution in [-0.2, 0) is 4.79 Å². The van der Waals surface area contributed by atoms with Gasteiger partial charge < -0.3 is 20.3 Å². The summed E-state index contributed by atoms with van der Waals surface area (Å²) in [5.74, 6) is 0.311. The number of carbonyl (C=O) groups excluding carboxylic acids is 3. The molecule has 0 saturated carbocycles. The van der Waals surface area contributed by atoms with Crippen molar-refractivity contribution >= 4 is 17.7 Å². The van der Waals surface area contributed by atoms with E-state index in [0.717, 1.165) is 5.56 Å². The number of rotatable bonds is 8. The highest BCUT2D eigenvalue weighted by Crippen LogP contribution is 2.23. The summed E-state index contributed by atoms with van der Waals surface area (Å²) in [6.07, 6.45) is 1.27. The summed E-state index contributed by atoms with van der Waals surface area (Å²) in [6.45, 7) is 7.64. The van der Waals surface area contributed by atoms with Gasteiger partial charge in [0.05, 0.1) is 7.11 Å². The van der Waals surface area contributed by atoms with Gasteiger partial charge in [0.1, 0.15) is 11.8 Å². The van der Waals surface area contributed by atoms with Gasteiger partial charge in [-0.1, -0.05) is 37.6 Å². The lowest BCUT2D eigenvalue weighted by Gasteiger charge is -2.36. The monoisotopic (exact) mass is 465 g/mol. The van der Waals surface area contributed by atoms with Gasteiger partial charge in [-0.05, 0) is 61.9 Å². The number of nitrogens with one attached hydrogen (secondary N) is 2. The molecule has 182 valence electrons. The van der Waals surface area contributed by atoms with Crippen LogP contribution in [0.4, 0.5) is 0 Å². The smallest absolute Gasteiger partial charge is 0.253 e. The Kier molecular flexibility index (Phi) is 8.68. The predicted molar refractivity (Wildman–Crippen MR) is 132 cm³/mol. The number of hydrogen-bond donors (Lipinski definition) is 2. The van der Waals surface area contributed by atoms with E-state index < -0.39 is 6.04 Å². The second kappa shape index (κ2) is 11.7. The number of benzene rings is 2. The molecule has 2 aromatic carbocycles. The first kappa shape index (κ1) is 25.3. The molecule has 1 fully saturated rings. The van der Waals surface area contributed by atoms with Gasteiger partial charge in [-0.15, -0.1) is 0 Å². The van der Waals surface area contributed by atoms with Gasteiger partial charge in [0.15, 0.2) is 0 Å². The molecule has 0 aliphatic carbocycles. The summed E-state index contributed by atoms with van der Waals surface area (Å²) in [4.78, 5) is 40.8. The molecule has 3 amide bonds. The number of carbonyl (C=O) groups is 3. The Morgan fingerprint density at radius 2 is 1.71 bits per heavy atom. The van der Waals surface area contributed by atoms with Crippen LogP contribution in [0.25, 0.3) is 0 Å². The minimum atomic E-state index is -0.673. The van der Waals surface area contributed by atoms with E-state index in [9.17, 15) is 14.4 Å². The summed E-state index contributed by atoms with van der Waals surface area (Å²) >= 11 is 0. The number of aryl methyl sites for hydroxylation is 1. The van der Waals surface area contributed by atoms with Crippen molar-refractivity contribution in [3.05, 3.63) is 65.2 Å². The molecule has 7 nitrogen and oxygen atoms in total. The van der Waals surface area contributed by atoms with E-state index in [1.165, 1.54) is 0 Å². The number of amides is 3. The van der Waals surface area contributed by atoms with E-state index in [4.69, 9.17) is 4.74 Å². The molecular formula is C27H35N3O4.